The Morgan fingerprint density at radius 3 is 1.43 bits per heavy atom. The molecule has 0 atom stereocenters. The van der Waals surface area contributed by atoms with Crippen LogP contribution in [0.3, 0.4) is 0 Å². The third kappa shape index (κ3) is 3.61. The van der Waals surface area contributed by atoms with Crippen LogP contribution in [0, 0.1) is 6.92 Å². The average Bonchev–Trinajstić information content (AvgIpc) is 2.95. The van der Waals surface area contributed by atoms with Crippen LogP contribution in [0.2, 0.25) is 0 Å². The summed E-state index contributed by atoms with van der Waals surface area (Å²) in [4.78, 5) is 0. The molecule has 0 fully saturated rings. The second kappa shape index (κ2) is 8.76. The van der Waals surface area contributed by atoms with E-state index >= 15 is 0 Å². The van der Waals surface area contributed by atoms with Gasteiger partial charge in [0, 0.05) is 0 Å². The molecule has 174 valence electrons. The summed E-state index contributed by atoms with van der Waals surface area (Å²) >= 11 is 0. The minimum Gasteiger partial charge on any atom is -0.0622 e. The quantitative estimate of drug-likeness (QED) is 0.225. The number of aryl methyl sites for hydroxylation is 1. The van der Waals surface area contributed by atoms with Crippen molar-refractivity contribution in [2.24, 2.45) is 0 Å². The van der Waals surface area contributed by atoms with Crippen molar-refractivity contribution in [2.45, 2.75) is 6.92 Å². The van der Waals surface area contributed by atoms with E-state index in [1.54, 1.807) is 0 Å². The van der Waals surface area contributed by atoms with E-state index in [-0.39, 0.29) is 0 Å². The summed E-state index contributed by atoms with van der Waals surface area (Å²) in [5, 5.41) is 7.65. The third-order valence-corrected chi connectivity index (χ3v) is 7.48. The molecule has 0 heterocycles. The Morgan fingerprint density at radius 1 is 0.351 bits per heavy atom. The molecular formula is C37H26. The van der Waals surface area contributed by atoms with Gasteiger partial charge in [-0.05, 0) is 84.8 Å². The van der Waals surface area contributed by atoms with Crippen LogP contribution in [0.1, 0.15) is 5.56 Å². The van der Waals surface area contributed by atoms with Gasteiger partial charge >= 0.3 is 0 Å². The number of benzene rings is 7. The molecule has 0 bridgehead atoms. The van der Waals surface area contributed by atoms with Gasteiger partial charge in [-0.15, -0.1) is 0 Å². The summed E-state index contributed by atoms with van der Waals surface area (Å²) in [6.07, 6.45) is 0. The zero-order valence-electron chi connectivity index (χ0n) is 20.8. The maximum atomic E-state index is 2.39. The van der Waals surface area contributed by atoms with Crippen molar-refractivity contribution in [1.82, 2.24) is 0 Å². The van der Waals surface area contributed by atoms with E-state index in [0.717, 1.165) is 0 Å². The topological polar surface area (TPSA) is 0 Å². The lowest BCUT2D eigenvalue weighted by Crippen LogP contribution is -1.93. The molecule has 0 saturated heterocycles. The number of hydrogen-bond acceptors (Lipinski definition) is 0. The van der Waals surface area contributed by atoms with Crippen LogP contribution in [0.15, 0.2) is 140 Å². The largest absolute Gasteiger partial charge is 0.0622 e. The molecule has 0 unspecified atom stereocenters. The standard InChI is InChI=1S/C37H26/c1-25-12-11-17-29(22-25)36-30-18-7-9-20-32(30)37(33-21-10-8-19-31(33)36)35-24-28-16-6-5-15-27(28)23-34(35)26-13-3-2-4-14-26/h2-24H,1H3. The first-order valence-electron chi connectivity index (χ1n) is 12.9. The van der Waals surface area contributed by atoms with Crippen LogP contribution < -0.4 is 0 Å². The molecule has 0 aliphatic rings. The van der Waals surface area contributed by atoms with Crippen molar-refractivity contribution >= 4 is 32.3 Å². The van der Waals surface area contributed by atoms with Gasteiger partial charge in [-0.3, -0.25) is 0 Å². The van der Waals surface area contributed by atoms with Crippen LogP contribution in [0.5, 0.6) is 0 Å². The minimum atomic E-state index is 1.24. The van der Waals surface area contributed by atoms with Crippen LogP contribution in [-0.4, -0.2) is 0 Å². The number of hydrogen-bond donors (Lipinski definition) is 0. The zero-order chi connectivity index (χ0) is 24.8. The summed E-state index contributed by atoms with van der Waals surface area (Å²) in [6.45, 7) is 2.17. The Hall–Kier alpha value is -4.68. The lowest BCUT2D eigenvalue weighted by atomic mass is 9.83. The maximum absolute atomic E-state index is 2.39. The molecule has 0 aromatic heterocycles. The van der Waals surface area contributed by atoms with Crippen molar-refractivity contribution in [2.75, 3.05) is 0 Å². The second-order valence-corrected chi connectivity index (χ2v) is 9.82. The van der Waals surface area contributed by atoms with E-state index in [1.165, 1.54) is 71.3 Å². The minimum absolute atomic E-state index is 1.24. The molecule has 0 nitrogen and oxygen atoms in total. The highest BCUT2D eigenvalue weighted by Crippen LogP contribution is 2.46. The van der Waals surface area contributed by atoms with Gasteiger partial charge in [0.1, 0.15) is 0 Å². The Labute approximate surface area is 217 Å². The highest BCUT2D eigenvalue weighted by Gasteiger charge is 2.19. The van der Waals surface area contributed by atoms with Gasteiger partial charge in [-0.2, -0.15) is 0 Å². The van der Waals surface area contributed by atoms with Crippen LogP contribution in [0.25, 0.3) is 65.7 Å². The van der Waals surface area contributed by atoms with E-state index in [2.05, 4.69) is 146 Å². The van der Waals surface area contributed by atoms with Crippen LogP contribution >= 0.6 is 0 Å². The van der Waals surface area contributed by atoms with Gasteiger partial charge in [0.2, 0.25) is 0 Å². The fourth-order valence-corrected chi connectivity index (χ4v) is 5.83. The summed E-state index contributed by atoms with van der Waals surface area (Å²) in [7, 11) is 0. The van der Waals surface area contributed by atoms with Gasteiger partial charge in [0.15, 0.2) is 0 Å². The zero-order valence-corrected chi connectivity index (χ0v) is 20.8. The smallest absolute Gasteiger partial charge is 0.00199 e. The van der Waals surface area contributed by atoms with Crippen LogP contribution in [0.4, 0.5) is 0 Å². The Bertz CT molecular complexity index is 1870. The predicted octanol–water partition coefficient (Wildman–Crippen LogP) is 10.5. The van der Waals surface area contributed by atoms with Gasteiger partial charge in [0.05, 0.1) is 0 Å². The molecule has 0 aliphatic heterocycles. The molecule has 7 rings (SSSR count). The molecule has 0 radical (unpaired) electrons. The van der Waals surface area contributed by atoms with E-state index in [4.69, 9.17) is 0 Å². The molecule has 37 heavy (non-hydrogen) atoms. The van der Waals surface area contributed by atoms with E-state index < -0.39 is 0 Å². The summed E-state index contributed by atoms with van der Waals surface area (Å²) in [5.74, 6) is 0. The normalized spacial score (nSPS) is 11.4. The highest BCUT2D eigenvalue weighted by molar-refractivity contribution is 6.23. The van der Waals surface area contributed by atoms with Gasteiger partial charge in [-0.25, -0.2) is 0 Å². The fourth-order valence-electron chi connectivity index (χ4n) is 5.83. The predicted molar refractivity (Wildman–Crippen MR) is 160 cm³/mol. The third-order valence-electron chi connectivity index (χ3n) is 7.48. The SMILES string of the molecule is Cc1cccc(-c2c3ccccc3c(-c3cc4ccccc4cc3-c3ccccc3)c3ccccc23)c1. The lowest BCUT2D eigenvalue weighted by molar-refractivity contribution is 1.47. The van der Waals surface area contributed by atoms with Crippen molar-refractivity contribution in [3.8, 4) is 33.4 Å². The van der Waals surface area contributed by atoms with E-state index in [1.807, 2.05) is 0 Å². The molecule has 7 aromatic rings. The molecule has 0 N–H and O–H groups in total. The Balaban J connectivity index is 1.67. The molecular weight excluding hydrogens is 444 g/mol. The van der Waals surface area contributed by atoms with Crippen molar-refractivity contribution in [3.05, 3.63) is 145 Å². The monoisotopic (exact) mass is 470 g/mol. The number of rotatable bonds is 3. The van der Waals surface area contributed by atoms with E-state index in [0.29, 0.717) is 0 Å². The summed E-state index contributed by atoms with van der Waals surface area (Å²) in [6, 6.07) is 50.9. The lowest BCUT2D eigenvalue weighted by Gasteiger charge is -2.20. The number of fused-ring (bicyclic) bond motifs is 3. The molecule has 0 heteroatoms. The highest BCUT2D eigenvalue weighted by atomic mass is 14.2. The van der Waals surface area contributed by atoms with Crippen molar-refractivity contribution < 1.29 is 0 Å². The average molecular weight is 471 g/mol. The molecule has 0 amide bonds. The van der Waals surface area contributed by atoms with Gasteiger partial charge in [0.25, 0.3) is 0 Å². The van der Waals surface area contributed by atoms with Gasteiger partial charge in [-0.1, -0.05) is 133 Å². The van der Waals surface area contributed by atoms with Crippen LogP contribution in [-0.2, 0) is 0 Å². The van der Waals surface area contributed by atoms with Gasteiger partial charge < -0.3 is 0 Å². The van der Waals surface area contributed by atoms with E-state index in [9.17, 15) is 0 Å². The molecule has 0 saturated carbocycles. The second-order valence-electron chi connectivity index (χ2n) is 9.82. The summed E-state index contributed by atoms with van der Waals surface area (Å²) in [5.41, 5.74) is 8.91. The summed E-state index contributed by atoms with van der Waals surface area (Å²) < 4.78 is 0. The molecule has 0 aliphatic carbocycles. The van der Waals surface area contributed by atoms with Crippen molar-refractivity contribution in [3.63, 3.8) is 0 Å². The van der Waals surface area contributed by atoms with Crippen molar-refractivity contribution in [1.29, 1.82) is 0 Å². The maximum Gasteiger partial charge on any atom is -0.00199 e. The first-order chi connectivity index (χ1) is 18.3. The first-order valence-corrected chi connectivity index (χ1v) is 12.9. The fraction of sp³-hybridized carbons (Fsp3) is 0.0270. The Kier molecular flexibility index (Phi) is 5.11. The Morgan fingerprint density at radius 2 is 0.838 bits per heavy atom. The first kappa shape index (κ1) is 21.6. The molecule has 7 aromatic carbocycles. The molecule has 0 spiro atoms.